The minimum atomic E-state index is -0.678. The molecule has 0 radical (unpaired) electrons. The Bertz CT molecular complexity index is 1530. The predicted molar refractivity (Wildman–Crippen MR) is 447 cm³/mol. The normalized spacial score (nSPS) is 14.8. The Kier molecular flexibility index (Phi) is 82.2. The molecule has 12 heteroatoms. The van der Waals surface area contributed by atoms with E-state index in [9.17, 15) is 35.7 Å². The number of nitrogens with one attached hydrogen (secondary N) is 2. The highest BCUT2D eigenvalue weighted by Gasteiger charge is 2.33. The summed E-state index contributed by atoms with van der Waals surface area (Å²) in [5.41, 5.74) is 2.88. The highest BCUT2D eigenvalue weighted by molar-refractivity contribution is 4.86. The average molecular weight is 1440 g/mol. The van der Waals surface area contributed by atoms with Gasteiger partial charge in [0.15, 0.2) is 0 Å². The van der Waals surface area contributed by atoms with Crippen LogP contribution in [0.3, 0.4) is 0 Å². The maximum atomic E-state index is 11.4. The topological polar surface area (TPSA) is 195 Å². The van der Waals surface area contributed by atoms with E-state index in [2.05, 4.69) is 101 Å². The summed E-state index contributed by atoms with van der Waals surface area (Å²) >= 11 is 0. The molecule has 614 valence electrons. The molecule has 0 fully saturated rings. The molecule has 0 amide bonds. The van der Waals surface area contributed by atoms with Crippen molar-refractivity contribution in [1.29, 1.82) is 0 Å². The average Bonchev–Trinajstić information content (AvgIpc) is 0.897. The molecule has 11 N–H and O–H groups in total. The second kappa shape index (κ2) is 77.7. The zero-order chi connectivity index (χ0) is 76.2. The van der Waals surface area contributed by atoms with Crippen LogP contribution in [0.5, 0.6) is 0 Å². The lowest BCUT2D eigenvalue weighted by Gasteiger charge is -2.36. The van der Waals surface area contributed by atoms with Crippen molar-refractivity contribution in [3.63, 3.8) is 0 Å². The molecule has 0 aromatic carbocycles. The van der Waals surface area contributed by atoms with E-state index in [1.165, 1.54) is 270 Å². The first-order valence-electron chi connectivity index (χ1n) is 45.1. The SMILES string of the molecule is CCCCCCCCC(O)(CCCCCC)CN(CCO)CCO.CCCCCCCCC(O)(CCCCCC)CNCCNCC(O)(CCCCCC)CCCCCCCC.CCCCCCCCC(O)(CCCCCC)C[N+](C)(C)C.CCCCCCCCC(O)(CN)CCCCCC. The van der Waals surface area contributed by atoms with Crippen molar-refractivity contribution in [1.82, 2.24) is 15.5 Å². The third kappa shape index (κ3) is 77.5. The number of nitrogens with zero attached hydrogens (tertiary/aromatic N) is 2. The van der Waals surface area contributed by atoms with Gasteiger partial charge in [0.2, 0.25) is 0 Å². The molecule has 0 aliphatic carbocycles. The molecular formula is C89H192N5O7+. The molecule has 0 saturated carbocycles. The number of quaternary nitrogens is 1. The van der Waals surface area contributed by atoms with E-state index >= 15 is 0 Å². The lowest BCUT2D eigenvalue weighted by molar-refractivity contribution is -0.877. The molecular weight excluding hydrogens is 1250 g/mol. The number of hydrogen-bond donors (Lipinski definition) is 10. The first-order chi connectivity index (χ1) is 48.6. The molecule has 0 spiro atoms. The quantitative estimate of drug-likeness (QED) is 0.0206. The molecule has 5 atom stereocenters. The van der Waals surface area contributed by atoms with E-state index in [0.29, 0.717) is 39.3 Å². The van der Waals surface area contributed by atoms with Crippen molar-refractivity contribution in [3.8, 4) is 0 Å². The van der Waals surface area contributed by atoms with E-state index in [4.69, 9.17) is 5.73 Å². The number of aliphatic hydroxyl groups is 7. The highest BCUT2D eigenvalue weighted by Crippen LogP contribution is 2.29. The largest absolute Gasteiger partial charge is 0.395 e. The monoisotopic (exact) mass is 1440 g/mol. The van der Waals surface area contributed by atoms with Gasteiger partial charge in [-0.1, -0.05) is 390 Å². The molecule has 0 heterocycles. The van der Waals surface area contributed by atoms with Gasteiger partial charge in [-0.25, -0.2) is 0 Å². The summed E-state index contributed by atoms with van der Waals surface area (Å²) in [6.07, 6.45) is 71.6. The number of nitrogens with two attached hydrogens (primary N) is 1. The molecule has 0 bridgehead atoms. The van der Waals surface area contributed by atoms with E-state index in [1.54, 1.807) is 0 Å². The second-order valence-electron chi connectivity index (χ2n) is 33.5. The van der Waals surface area contributed by atoms with Gasteiger partial charge in [-0.3, -0.25) is 4.90 Å². The first-order valence-corrected chi connectivity index (χ1v) is 45.1. The third-order valence-electron chi connectivity index (χ3n) is 21.3. The van der Waals surface area contributed by atoms with Crippen LogP contribution in [0.25, 0.3) is 0 Å². The predicted octanol–water partition coefficient (Wildman–Crippen LogP) is 22.3. The van der Waals surface area contributed by atoms with Crippen LogP contribution in [-0.4, -0.2) is 166 Å². The van der Waals surface area contributed by atoms with E-state index < -0.39 is 28.0 Å². The molecule has 5 unspecified atom stereocenters. The van der Waals surface area contributed by atoms with E-state index in [1.807, 2.05) is 4.90 Å². The minimum absolute atomic E-state index is 0.0724. The summed E-state index contributed by atoms with van der Waals surface area (Å²) in [4.78, 5) is 2.00. The van der Waals surface area contributed by atoms with Gasteiger partial charge in [-0.05, 0) is 64.2 Å². The van der Waals surface area contributed by atoms with Crippen molar-refractivity contribution in [2.75, 3.05) is 93.3 Å². The standard InChI is InChI=1S/C34H72N2O2.C20H43NO3.C19H42NO.C16H35NO/c1-5-9-13-17-19-23-27-33(37,25-21-15-11-7-3)31-35-29-30-36-32-34(38,26-22-16-12-8-4)28-24-20-18-14-10-6-2;1-3-5-7-9-10-12-14-20(24,13-11-8-6-4-2)19-21(15-17-22)16-18-23;1-6-8-10-12-13-15-17-19(21,18-20(3,4)5)16-14-11-9-7-2;1-3-5-7-9-10-12-14-16(18,15-17)13-11-8-6-4-2/h35-38H,5-32H2,1-4H3;22-24H,3-19H2,1-2H3;21H,6-18H2,1-5H3;18H,3-15,17H2,1-2H3/q;;+1;. The lowest BCUT2D eigenvalue weighted by atomic mass is 9.88. The minimum Gasteiger partial charge on any atom is -0.395 e. The molecule has 0 aliphatic heterocycles. The third-order valence-corrected chi connectivity index (χ3v) is 21.3. The van der Waals surface area contributed by atoms with Gasteiger partial charge in [-0.15, -0.1) is 0 Å². The molecule has 12 nitrogen and oxygen atoms in total. The summed E-state index contributed by atoms with van der Waals surface area (Å²) < 4.78 is 0.861. The van der Waals surface area contributed by atoms with E-state index in [-0.39, 0.29) is 13.2 Å². The Hall–Kier alpha value is -0.480. The molecule has 0 aliphatic rings. The Morgan fingerprint density at radius 2 is 0.455 bits per heavy atom. The van der Waals surface area contributed by atoms with Crippen LogP contribution in [0.4, 0.5) is 0 Å². The number of hydrogen-bond acceptors (Lipinski definition) is 11. The van der Waals surface area contributed by atoms with Crippen LogP contribution in [0.2, 0.25) is 0 Å². The van der Waals surface area contributed by atoms with Crippen molar-refractivity contribution >= 4 is 0 Å². The van der Waals surface area contributed by atoms with Gasteiger partial charge < -0.3 is 56.6 Å². The van der Waals surface area contributed by atoms with Gasteiger partial charge >= 0.3 is 0 Å². The fraction of sp³-hybridized carbons (Fsp3) is 1.00. The van der Waals surface area contributed by atoms with Crippen molar-refractivity contribution < 1.29 is 40.2 Å². The summed E-state index contributed by atoms with van der Waals surface area (Å²) in [5.74, 6) is 0. The van der Waals surface area contributed by atoms with Crippen LogP contribution in [0, 0.1) is 0 Å². The summed E-state index contributed by atoms with van der Waals surface area (Å²) in [7, 11) is 6.58. The van der Waals surface area contributed by atoms with Gasteiger partial charge in [0, 0.05) is 52.4 Å². The van der Waals surface area contributed by atoms with Crippen molar-refractivity contribution in [2.45, 2.75) is 482 Å². The zero-order valence-electron chi connectivity index (χ0n) is 71.3. The van der Waals surface area contributed by atoms with Gasteiger partial charge in [0.1, 0.15) is 12.1 Å². The Morgan fingerprint density at radius 1 is 0.267 bits per heavy atom. The highest BCUT2D eigenvalue weighted by atomic mass is 16.3. The fourth-order valence-electron chi connectivity index (χ4n) is 14.7. The maximum Gasteiger partial charge on any atom is 0.113 e. The van der Waals surface area contributed by atoms with Crippen LogP contribution in [-0.2, 0) is 0 Å². The molecule has 0 aromatic rings. The van der Waals surface area contributed by atoms with Crippen LogP contribution >= 0.6 is 0 Å². The van der Waals surface area contributed by atoms with Gasteiger partial charge in [0.05, 0.1) is 56.8 Å². The first kappa shape index (κ1) is 107. The Morgan fingerprint density at radius 3 is 0.663 bits per heavy atom. The zero-order valence-corrected chi connectivity index (χ0v) is 71.3. The number of aliphatic hydroxyl groups excluding tert-OH is 2. The second-order valence-corrected chi connectivity index (χ2v) is 33.5. The van der Waals surface area contributed by atoms with E-state index in [0.717, 1.165) is 140 Å². The number of unbranched alkanes of at least 4 members (excludes halogenated alkanes) is 40. The lowest BCUT2D eigenvalue weighted by Crippen LogP contribution is -2.49. The molecule has 0 saturated heterocycles. The maximum absolute atomic E-state index is 11.4. The van der Waals surface area contributed by atoms with Crippen LogP contribution in [0.1, 0.15) is 454 Å². The Balaban J connectivity index is -0.000000650. The van der Waals surface area contributed by atoms with Crippen molar-refractivity contribution in [2.24, 2.45) is 5.73 Å². The molecule has 0 aromatic heterocycles. The van der Waals surface area contributed by atoms with Crippen LogP contribution < -0.4 is 16.4 Å². The fourth-order valence-corrected chi connectivity index (χ4v) is 14.7. The molecule has 101 heavy (non-hydrogen) atoms. The molecule has 0 rings (SSSR count). The number of rotatable bonds is 76. The van der Waals surface area contributed by atoms with Crippen molar-refractivity contribution in [3.05, 3.63) is 0 Å². The smallest absolute Gasteiger partial charge is 0.113 e. The number of likely N-dealkylation sites (N-methyl/N-ethyl adjacent to an activating group) is 1. The van der Waals surface area contributed by atoms with Gasteiger partial charge in [0.25, 0.3) is 0 Å². The van der Waals surface area contributed by atoms with Crippen LogP contribution in [0.15, 0.2) is 0 Å². The summed E-state index contributed by atoms with van der Waals surface area (Å²) in [6.45, 7) is 28.5. The Labute approximate surface area is 634 Å². The van der Waals surface area contributed by atoms with Gasteiger partial charge in [-0.2, -0.15) is 0 Å². The summed E-state index contributed by atoms with van der Waals surface area (Å²) in [5, 5.41) is 80.8. The summed E-state index contributed by atoms with van der Waals surface area (Å²) in [6, 6.07) is 0.